The third kappa shape index (κ3) is 2.46. The highest BCUT2D eigenvalue weighted by Gasteiger charge is 2.27. The number of halogens is 2. The molecule has 0 spiro atoms. The van der Waals surface area contributed by atoms with Crippen molar-refractivity contribution < 1.29 is 18.8 Å². The number of benzene rings is 1. The van der Waals surface area contributed by atoms with Crippen LogP contribution >= 0.6 is 0 Å². The van der Waals surface area contributed by atoms with Gasteiger partial charge in [0.1, 0.15) is 0 Å². The van der Waals surface area contributed by atoms with E-state index in [0.717, 1.165) is 12.1 Å². The summed E-state index contributed by atoms with van der Waals surface area (Å²) in [5.74, 6) is -0.943. The first-order valence-electron chi connectivity index (χ1n) is 4.33. The third-order valence-electron chi connectivity index (χ3n) is 2.08. The maximum absolute atomic E-state index is 12.4. The molecule has 1 rings (SSSR count). The number of hydrogen-bond acceptors (Lipinski definition) is 5. The molecule has 0 saturated carbocycles. The SMILES string of the molecule is N#Cc1cc([C@H](N)C(F)F)c(O)c([N+](=O)[O-])c1. The van der Waals surface area contributed by atoms with Gasteiger partial charge in [-0.25, -0.2) is 8.78 Å². The quantitative estimate of drug-likeness (QED) is 0.615. The fourth-order valence-corrected chi connectivity index (χ4v) is 1.23. The average Bonchev–Trinajstić information content (AvgIpc) is 2.27. The second-order valence-electron chi connectivity index (χ2n) is 3.16. The highest BCUT2D eigenvalue weighted by Crippen LogP contribution is 2.35. The summed E-state index contributed by atoms with van der Waals surface area (Å²) in [5, 5.41) is 28.6. The first-order chi connectivity index (χ1) is 7.88. The molecule has 0 aromatic heterocycles. The maximum Gasteiger partial charge on any atom is 0.312 e. The zero-order chi connectivity index (χ0) is 13.2. The minimum absolute atomic E-state index is 0.222. The molecule has 0 aliphatic carbocycles. The van der Waals surface area contributed by atoms with E-state index in [-0.39, 0.29) is 5.56 Å². The fraction of sp³-hybridized carbons (Fsp3) is 0.222. The highest BCUT2D eigenvalue weighted by molar-refractivity contribution is 5.57. The molecule has 1 aromatic carbocycles. The molecule has 0 heterocycles. The van der Waals surface area contributed by atoms with Gasteiger partial charge in [0, 0.05) is 11.6 Å². The lowest BCUT2D eigenvalue weighted by Crippen LogP contribution is -2.19. The summed E-state index contributed by atoms with van der Waals surface area (Å²) in [4.78, 5) is 9.57. The van der Waals surface area contributed by atoms with Gasteiger partial charge in [-0.15, -0.1) is 0 Å². The van der Waals surface area contributed by atoms with Crippen LogP contribution in [-0.4, -0.2) is 16.5 Å². The molecule has 0 radical (unpaired) electrons. The van der Waals surface area contributed by atoms with Crippen LogP contribution in [0.1, 0.15) is 17.2 Å². The number of alkyl halides is 2. The van der Waals surface area contributed by atoms with Gasteiger partial charge in [0.2, 0.25) is 0 Å². The third-order valence-corrected chi connectivity index (χ3v) is 2.08. The molecule has 8 heteroatoms. The number of nitro groups is 1. The van der Waals surface area contributed by atoms with E-state index in [4.69, 9.17) is 11.0 Å². The molecule has 0 bridgehead atoms. The normalized spacial score (nSPS) is 12.2. The van der Waals surface area contributed by atoms with Gasteiger partial charge in [0.15, 0.2) is 5.75 Å². The zero-order valence-electron chi connectivity index (χ0n) is 8.30. The Labute approximate surface area is 94.0 Å². The predicted molar refractivity (Wildman–Crippen MR) is 52.4 cm³/mol. The van der Waals surface area contributed by atoms with E-state index in [1.165, 1.54) is 0 Å². The van der Waals surface area contributed by atoms with Gasteiger partial charge >= 0.3 is 5.69 Å². The standard InChI is InChI=1S/C9H7F2N3O3/c10-9(11)7(13)5-1-4(3-12)2-6(8(5)15)14(16)17/h1-2,7,9,15H,13H2/t7-/m0/s1. The number of nitro benzene ring substituents is 1. The smallest absolute Gasteiger partial charge is 0.312 e. The summed E-state index contributed by atoms with van der Waals surface area (Å²) in [6.45, 7) is 0. The number of nitrogens with two attached hydrogens (primary N) is 1. The van der Waals surface area contributed by atoms with Gasteiger partial charge in [0.25, 0.3) is 6.43 Å². The largest absolute Gasteiger partial charge is 0.502 e. The van der Waals surface area contributed by atoms with Crippen LogP contribution in [0.15, 0.2) is 12.1 Å². The summed E-state index contributed by atoms with van der Waals surface area (Å²) < 4.78 is 24.7. The van der Waals surface area contributed by atoms with E-state index in [9.17, 15) is 24.0 Å². The van der Waals surface area contributed by atoms with Crippen LogP contribution in [0.3, 0.4) is 0 Å². The summed E-state index contributed by atoms with van der Waals surface area (Å²) in [5.41, 5.74) is 3.52. The van der Waals surface area contributed by atoms with Crippen molar-refractivity contribution in [1.82, 2.24) is 0 Å². The molecule has 6 nitrogen and oxygen atoms in total. The van der Waals surface area contributed by atoms with Gasteiger partial charge in [0.05, 0.1) is 22.6 Å². The molecule has 0 amide bonds. The molecule has 0 aliphatic rings. The van der Waals surface area contributed by atoms with Crippen LogP contribution in [0, 0.1) is 21.4 Å². The maximum atomic E-state index is 12.4. The van der Waals surface area contributed by atoms with Crippen LogP contribution in [0.25, 0.3) is 0 Å². The van der Waals surface area contributed by atoms with Gasteiger partial charge in [-0.1, -0.05) is 0 Å². The molecule has 17 heavy (non-hydrogen) atoms. The van der Waals surface area contributed by atoms with E-state index in [2.05, 4.69) is 0 Å². The monoisotopic (exact) mass is 243 g/mol. The lowest BCUT2D eigenvalue weighted by molar-refractivity contribution is -0.386. The van der Waals surface area contributed by atoms with Gasteiger partial charge < -0.3 is 10.8 Å². The molecule has 3 N–H and O–H groups in total. The Balaban J connectivity index is 3.45. The number of nitriles is 1. The summed E-state index contributed by atoms with van der Waals surface area (Å²) in [6.07, 6.45) is -3.01. The molecule has 90 valence electrons. The predicted octanol–water partition coefficient (Wildman–Crippen LogP) is 1.44. The fourth-order valence-electron chi connectivity index (χ4n) is 1.23. The Morgan fingerprint density at radius 2 is 2.12 bits per heavy atom. The van der Waals surface area contributed by atoms with Crippen molar-refractivity contribution in [3.63, 3.8) is 0 Å². The van der Waals surface area contributed by atoms with Crippen LogP contribution in [-0.2, 0) is 0 Å². The lowest BCUT2D eigenvalue weighted by atomic mass is 10.0. The molecular formula is C9H7F2N3O3. The van der Waals surface area contributed by atoms with Gasteiger partial charge in [-0.3, -0.25) is 10.1 Å². The Morgan fingerprint density at radius 1 is 1.53 bits per heavy atom. The number of phenols is 1. The Bertz CT molecular complexity index is 499. The Hall–Kier alpha value is -2.27. The topological polar surface area (TPSA) is 113 Å². The van der Waals surface area contributed by atoms with Crippen molar-refractivity contribution in [2.75, 3.05) is 0 Å². The minimum Gasteiger partial charge on any atom is -0.502 e. The van der Waals surface area contributed by atoms with Crippen LogP contribution < -0.4 is 5.73 Å². The molecule has 1 aromatic rings. The highest BCUT2D eigenvalue weighted by atomic mass is 19.3. The first kappa shape index (κ1) is 12.8. The second-order valence-corrected chi connectivity index (χ2v) is 3.16. The average molecular weight is 243 g/mol. The summed E-state index contributed by atoms with van der Waals surface area (Å²) in [6, 6.07) is 1.37. The Kier molecular flexibility index (Phi) is 3.55. The number of hydrogen-bond donors (Lipinski definition) is 2. The van der Waals surface area contributed by atoms with E-state index in [1.807, 2.05) is 0 Å². The van der Waals surface area contributed by atoms with Crippen molar-refractivity contribution in [1.29, 1.82) is 5.26 Å². The van der Waals surface area contributed by atoms with Crippen molar-refractivity contribution in [3.05, 3.63) is 33.4 Å². The minimum atomic E-state index is -3.01. The molecular weight excluding hydrogens is 236 g/mol. The van der Waals surface area contributed by atoms with Crippen LogP contribution in [0.4, 0.5) is 14.5 Å². The zero-order valence-corrected chi connectivity index (χ0v) is 8.30. The van der Waals surface area contributed by atoms with Gasteiger partial charge in [-0.05, 0) is 6.07 Å². The molecule has 0 saturated heterocycles. The van der Waals surface area contributed by atoms with Crippen LogP contribution in [0.5, 0.6) is 5.75 Å². The van der Waals surface area contributed by atoms with Crippen LogP contribution in [0.2, 0.25) is 0 Å². The van der Waals surface area contributed by atoms with Crippen molar-refractivity contribution in [2.24, 2.45) is 5.73 Å². The van der Waals surface area contributed by atoms with E-state index >= 15 is 0 Å². The van der Waals surface area contributed by atoms with Crippen molar-refractivity contribution in [3.8, 4) is 11.8 Å². The number of rotatable bonds is 3. The van der Waals surface area contributed by atoms with E-state index in [0.29, 0.717) is 0 Å². The second kappa shape index (κ2) is 4.71. The van der Waals surface area contributed by atoms with Gasteiger partial charge in [-0.2, -0.15) is 5.26 Å². The van der Waals surface area contributed by atoms with E-state index in [1.54, 1.807) is 6.07 Å². The number of nitrogens with zero attached hydrogens (tertiary/aromatic N) is 2. The summed E-state index contributed by atoms with van der Waals surface area (Å²) in [7, 11) is 0. The molecule has 0 unspecified atom stereocenters. The van der Waals surface area contributed by atoms with Crippen molar-refractivity contribution >= 4 is 5.69 Å². The summed E-state index contributed by atoms with van der Waals surface area (Å²) >= 11 is 0. The van der Waals surface area contributed by atoms with E-state index < -0.39 is 34.4 Å². The number of aromatic hydroxyl groups is 1. The first-order valence-corrected chi connectivity index (χ1v) is 4.33. The molecule has 0 aliphatic heterocycles. The Morgan fingerprint density at radius 3 is 2.53 bits per heavy atom. The lowest BCUT2D eigenvalue weighted by Gasteiger charge is -2.12. The molecule has 0 fully saturated rings. The van der Waals surface area contributed by atoms with Crippen molar-refractivity contribution in [2.45, 2.75) is 12.5 Å². The molecule has 1 atom stereocenters. The number of phenolic OH excluding ortho intramolecular Hbond substituents is 1.